The number of esters is 1. The van der Waals surface area contributed by atoms with Crippen LogP contribution in [0.15, 0.2) is 72.8 Å². The zero-order valence-corrected chi connectivity index (χ0v) is 22.1. The Balaban J connectivity index is 0.000000444. The Morgan fingerprint density at radius 2 is 1.64 bits per heavy atom. The van der Waals surface area contributed by atoms with E-state index in [4.69, 9.17) is 37.8 Å². The van der Waals surface area contributed by atoms with Gasteiger partial charge in [0.1, 0.15) is 12.4 Å². The van der Waals surface area contributed by atoms with E-state index < -0.39 is 0 Å². The molecule has 0 spiro atoms. The van der Waals surface area contributed by atoms with Gasteiger partial charge >= 0.3 is 5.97 Å². The Bertz CT molecular complexity index is 1090. The molecule has 1 saturated heterocycles. The van der Waals surface area contributed by atoms with Crippen molar-refractivity contribution in [3.63, 3.8) is 0 Å². The minimum Gasteiger partial charge on any atom is -0.491 e. The van der Waals surface area contributed by atoms with E-state index in [0.717, 1.165) is 36.9 Å². The van der Waals surface area contributed by atoms with E-state index in [-0.39, 0.29) is 25.2 Å². The normalized spacial score (nSPS) is 14.4. The average molecular weight is 531 g/mol. The molecule has 0 amide bonds. The molecule has 0 radical (unpaired) electrons. The van der Waals surface area contributed by atoms with Crippen LogP contribution < -0.4 is 9.64 Å². The number of carbonyl (C=O) groups excluding carboxylic acids is 1. The SMILES string of the molecule is COC(=O)c1ccc(C(C)N2CCN(c3ccc(OCCO)cc3Cl)CC2)cc1.Clc1ccccc1. The molecule has 0 aliphatic carbocycles. The molecule has 6 nitrogen and oxygen atoms in total. The number of halogens is 2. The Labute approximate surface area is 223 Å². The standard InChI is InChI=1S/C22H27ClN2O4.C6H5Cl/c1-16(17-3-5-18(6-4-17)22(27)28-2)24-9-11-25(12-10-24)21-8-7-19(15-20(21)23)29-14-13-26;7-6-4-2-1-3-5-6/h3-8,15-16,26H,9-14H2,1-2H3;1-5H. The zero-order chi connectivity index (χ0) is 25.9. The molecule has 1 fully saturated rings. The first-order valence-electron chi connectivity index (χ1n) is 11.8. The van der Waals surface area contributed by atoms with Crippen LogP contribution in [-0.2, 0) is 4.74 Å². The van der Waals surface area contributed by atoms with Crippen molar-refractivity contribution in [1.82, 2.24) is 4.90 Å². The third-order valence-electron chi connectivity index (χ3n) is 6.03. The number of hydrogen-bond acceptors (Lipinski definition) is 6. The monoisotopic (exact) mass is 530 g/mol. The summed E-state index contributed by atoms with van der Waals surface area (Å²) in [6.45, 7) is 6.00. The van der Waals surface area contributed by atoms with Crippen molar-refractivity contribution in [3.8, 4) is 5.75 Å². The number of methoxy groups -OCH3 is 1. The average Bonchev–Trinajstić information content (AvgIpc) is 2.92. The second-order valence-corrected chi connectivity index (χ2v) is 9.14. The second kappa shape index (κ2) is 14.1. The van der Waals surface area contributed by atoms with E-state index in [1.165, 1.54) is 12.7 Å². The molecule has 1 heterocycles. The molecule has 3 aromatic rings. The summed E-state index contributed by atoms with van der Waals surface area (Å²) in [5, 5.41) is 10.3. The van der Waals surface area contributed by atoms with Crippen LogP contribution in [0.3, 0.4) is 0 Å². The van der Waals surface area contributed by atoms with E-state index in [9.17, 15) is 4.79 Å². The largest absolute Gasteiger partial charge is 0.491 e. The number of ether oxygens (including phenoxy) is 2. The van der Waals surface area contributed by atoms with Crippen LogP contribution in [0.25, 0.3) is 0 Å². The third kappa shape index (κ3) is 7.87. The smallest absolute Gasteiger partial charge is 0.337 e. The van der Waals surface area contributed by atoms with Crippen molar-refractivity contribution >= 4 is 34.9 Å². The molecule has 0 aromatic heterocycles. The van der Waals surface area contributed by atoms with Crippen molar-refractivity contribution in [2.45, 2.75) is 13.0 Å². The molecule has 3 aromatic carbocycles. The van der Waals surface area contributed by atoms with Crippen LogP contribution in [0, 0.1) is 0 Å². The summed E-state index contributed by atoms with van der Waals surface area (Å²) >= 11 is 12.0. The van der Waals surface area contributed by atoms with Crippen LogP contribution in [0.5, 0.6) is 5.75 Å². The van der Waals surface area contributed by atoms with Crippen molar-refractivity contribution in [2.75, 3.05) is 51.4 Å². The number of benzene rings is 3. The van der Waals surface area contributed by atoms with Crippen LogP contribution >= 0.6 is 23.2 Å². The number of carbonyl (C=O) groups is 1. The maximum atomic E-state index is 11.6. The Morgan fingerprint density at radius 1 is 0.972 bits per heavy atom. The maximum Gasteiger partial charge on any atom is 0.337 e. The second-order valence-electron chi connectivity index (χ2n) is 8.29. The molecular weight excluding hydrogens is 499 g/mol. The third-order valence-corrected chi connectivity index (χ3v) is 6.58. The van der Waals surface area contributed by atoms with Gasteiger partial charge in [-0.25, -0.2) is 4.79 Å². The number of nitrogens with zero attached hydrogens (tertiary/aromatic N) is 2. The Morgan fingerprint density at radius 3 is 2.17 bits per heavy atom. The minimum absolute atomic E-state index is 0.0229. The Kier molecular flexibility index (Phi) is 10.9. The summed E-state index contributed by atoms with van der Waals surface area (Å²) in [6, 6.07) is 23.0. The molecule has 8 heteroatoms. The molecule has 192 valence electrons. The molecule has 4 rings (SSSR count). The van der Waals surface area contributed by atoms with Gasteiger partial charge in [-0.2, -0.15) is 0 Å². The van der Waals surface area contributed by atoms with Gasteiger partial charge in [-0.1, -0.05) is 53.5 Å². The summed E-state index contributed by atoms with van der Waals surface area (Å²) in [5.41, 5.74) is 2.74. The highest BCUT2D eigenvalue weighted by molar-refractivity contribution is 6.33. The van der Waals surface area contributed by atoms with Crippen molar-refractivity contribution in [2.24, 2.45) is 0 Å². The Hall–Kier alpha value is -2.77. The molecule has 36 heavy (non-hydrogen) atoms. The quantitative estimate of drug-likeness (QED) is 0.394. The lowest BCUT2D eigenvalue weighted by Gasteiger charge is -2.39. The van der Waals surface area contributed by atoms with Crippen LogP contribution in [0.1, 0.15) is 28.9 Å². The predicted molar refractivity (Wildman–Crippen MR) is 145 cm³/mol. The van der Waals surface area contributed by atoms with E-state index in [1.807, 2.05) is 66.7 Å². The van der Waals surface area contributed by atoms with Gasteiger partial charge in [0.05, 0.1) is 30.0 Å². The summed E-state index contributed by atoms with van der Waals surface area (Å²) in [4.78, 5) is 16.3. The lowest BCUT2D eigenvalue weighted by molar-refractivity contribution is 0.0600. The summed E-state index contributed by atoms with van der Waals surface area (Å²) < 4.78 is 10.2. The first kappa shape index (κ1) is 27.8. The van der Waals surface area contributed by atoms with Gasteiger partial charge in [0, 0.05) is 43.3 Å². The van der Waals surface area contributed by atoms with E-state index in [2.05, 4.69) is 16.7 Å². The molecule has 0 bridgehead atoms. The van der Waals surface area contributed by atoms with E-state index in [1.54, 1.807) is 6.07 Å². The van der Waals surface area contributed by atoms with Crippen molar-refractivity contribution in [1.29, 1.82) is 0 Å². The highest BCUT2D eigenvalue weighted by atomic mass is 35.5. The van der Waals surface area contributed by atoms with Gasteiger partial charge in [-0.15, -0.1) is 0 Å². The van der Waals surface area contributed by atoms with Crippen LogP contribution in [-0.4, -0.2) is 62.5 Å². The highest BCUT2D eigenvalue weighted by Crippen LogP contribution is 2.31. The minimum atomic E-state index is -0.317. The highest BCUT2D eigenvalue weighted by Gasteiger charge is 2.23. The van der Waals surface area contributed by atoms with E-state index in [0.29, 0.717) is 16.3 Å². The molecule has 1 N–H and O–H groups in total. The van der Waals surface area contributed by atoms with Crippen LogP contribution in [0.2, 0.25) is 10.0 Å². The maximum absolute atomic E-state index is 11.6. The fourth-order valence-corrected chi connectivity index (χ4v) is 4.42. The van der Waals surface area contributed by atoms with Gasteiger partial charge < -0.3 is 19.5 Å². The van der Waals surface area contributed by atoms with Crippen molar-refractivity contribution < 1.29 is 19.4 Å². The number of aliphatic hydroxyl groups excluding tert-OH is 1. The lowest BCUT2D eigenvalue weighted by atomic mass is 10.0. The first-order valence-corrected chi connectivity index (χ1v) is 12.6. The topological polar surface area (TPSA) is 62.2 Å². The zero-order valence-electron chi connectivity index (χ0n) is 20.6. The van der Waals surface area contributed by atoms with E-state index >= 15 is 0 Å². The molecule has 1 aliphatic heterocycles. The van der Waals surface area contributed by atoms with Crippen LogP contribution in [0.4, 0.5) is 5.69 Å². The van der Waals surface area contributed by atoms with Crippen molar-refractivity contribution in [3.05, 3.63) is 94.0 Å². The molecular formula is C28H32Cl2N2O4. The number of piperazine rings is 1. The van der Waals surface area contributed by atoms with Gasteiger partial charge in [-0.05, 0) is 48.9 Å². The summed E-state index contributed by atoms with van der Waals surface area (Å²) in [6.07, 6.45) is 0. The van der Waals surface area contributed by atoms with Gasteiger partial charge in [0.15, 0.2) is 0 Å². The molecule has 0 saturated carbocycles. The summed E-state index contributed by atoms with van der Waals surface area (Å²) in [5.74, 6) is 0.345. The molecule has 1 aliphatic rings. The lowest BCUT2D eigenvalue weighted by Crippen LogP contribution is -2.47. The number of hydrogen-bond donors (Lipinski definition) is 1. The number of rotatable bonds is 7. The number of aliphatic hydroxyl groups is 1. The fourth-order valence-electron chi connectivity index (χ4n) is 3.99. The van der Waals surface area contributed by atoms with Gasteiger partial charge in [0.25, 0.3) is 0 Å². The van der Waals surface area contributed by atoms with Gasteiger partial charge in [-0.3, -0.25) is 4.90 Å². The first-order chi connectivity index (χ1) is 17.4. The predicted octanol–water partition coefficient (Wildman–Crippen LogP) is 5.72. The van der Waals surface area contributed by atoms with Gasteiger partial charge in [0.2, 0.25) is 0 Å². The number of anilines is 1. The molecule has 1 atom stereocenters. The fraction of sp³-hybridized carbons (Fsp3) is 0.321. The summed E-state index contributed by atoms with van der Waals surface area (Å²) in [7, 11) is 1.39. The molecule has 1 unspecified atom stereocenters.